The van der Waals surface area contributed by atoms with Crippen LogP contribution in [0, 0.1) is 0 Å². The van der Waals surface area contributed by atoms with Crippen LogP contribution in [0.5, 0.6) is 5.75 Å². The minimum atomic E-state index is -0.0486. The number of hydrogen-bond donors (Lipinski definition) is 0. The molecule has 4 nitrogen and oxygen atoms in total. The zero-order valence-electron chi connectivity index (χ0n) is 8.90. The number of morpholine rings is 1. The van der Waals surface area contributed by atoms with Gasteiger partial charge in [-0.2, -0.15) is 0 Å². The average Bonchev–Trinajstić information content (AvgIpc) is 2.29. The smallest absolute Gasteiger partial charge is 0.253 e. The van der Waals surface area contributed by atoms with Crippen molar-refractivity contribution in [2.45, 2.75) is 0 Å². The molecule has 0 aliphatic carbocycles. The Bertz CT molecular complexity index is 408. The van der Waals surface area contributed by atoms with Crippen molar-refractivity contribution in [1.82, 2.24) is 0 Å². The normalized spacial score (nSPS) is 16.4. The van der Waals surface area contributed by atoms with Crippen molar-refractivity contribution < 1.29 is 14.3 Å². The van der Waals surface area contributed by atoms with Gasteiger partial charge in [-0.15, -0.1) is 0 Å². The molecule has 0 saturated carbocycles. The number of benzene rings is 1. The van der Waals surface area contributed by atoms with Crippen molar-refractivity contribution in [1.29, 1.82) is 0 Å². The van der Waals surface area contributed by atoms with Crippen LogP contribution in [0.1, 0.15) is 0 Å². The van der Waals surface area contributed by atoms with Crippen molar-refractivity contribution in [2.75, 3.05) is 31.8 Å². The highest BCUT2D eigenvalue weighted by Crippen LogP contribution is 2.29. The third-order valence-corrected chi connectivity index (χ3v) is 2.73. The van der Waals surface area contributed by atoms with Gasteiger partial charge in [-0.3, -0.25) is 4.79 Å². The molecule has 0 atom stereocenters. The van der Waals surface area contributed by atoms with Gasteiger partial charge in [-0.1, -0.05) is 11.6 Å². The zero-order valence-corrected chi connectivity index (χ0v) is 9.66. The number of methoxy groups -OCH3 is 1. The van der Waals surface area contributed by atoms with Crippen LogP contribution in [-0.2, 0) is 9.53 Å². The Morgan fingerprint density at radius 3 is 2.94 bits per heavy atom. The van der Waals surface area contributed by atoms with Gasteiger partial charge in [0.15, 0.2) is 0 Å². The van der Waals surface area contributed by atoms with Crippen LogP contribution in [0.2, 0.25) is 5.02 Å². The van der Waals surface area contributed by atoms with E-state index in [4.69, 9.17) is 21.1 Å². The molecule has 86 valence electrons. The third-order valence-electron chi connectivity index (χ3n) is 2.43. The third kappa shape index (κ3) is 2.13. The van der Waals surface area contributed by atoms with Crippen molar-refractivity contribution in [2.24, 2.45) is 0 Å². The lowest BCUT2D eigenvalue weighted by molar-refractivity contribution is -0.125. The lowest BCUT2D eigenvalue weighted by atomic mass is 10.2. The van der Waals surface area contributed by atoms with E-state index >= 15 is 0 Å². The van der Waals surface area contributed by atoms with Crippen molar-refractivity contribution in [3.63, 3.8) is 0 Å². The first-order chi connectivity index (χ1) is 7.72. The summed E-state index contributed by atoms with van der Waals surface area (Å²) in [5.74, 6) is 0.554. The zero-order chi connectivity index (χ0) is 11.5. The van der Waals surface area contributed by atoms with E-state index in [0.29, 0.717) is 23.9 Å². The Morgan fingerprint density at radius 1 is 1.50 bits per heavy atom. The van der Waals surface area contributed by atoms with Crippen LogP contribution in [0.3, 0.4) is 0 Å². The highest BCUT2D eigenvalue weighted by molar-refractivity contribution is 6.32. The van der Waals surface area contributed by atoms with E-state index in [0.717, 1.165) is 5.69 Å². The second-order valence-electron chi connectivity index (χ2n) is 3.42. The summed E-state index contributed by atoms with van der Waals surface area (Å²) >= 11 is 6.00. The molecular formula is C11H12ClNO3. The molecular weight excluding hydrogens is 230 g/mol. The quantitative estimate of drug-likeness (QED) is 0.791. The topological polar surface area (TPSA) is 38.8 Å². The molecule has 1 amide bonds. The number of carbonyl (C=O) groups excluding carboxylic acids is 1. The van der Waals surface area contributed by atoms with Gasteiger partial charge in [0.05, 0.1) is 18.7 Å². The standard InChI is InChI=1S/C11H12ClNO3/c1-15-10-3-2-8(6-9(10)12)13-4-5-16-7-11(13)14/h2-3,6H,4-5,7H2,1H3. The van der Waals surface area contributed by atoms with E-state index in [-0.39, 0.29) is 12.5 Å². The largest absolute Gasteiger partial charge is 0.495 e. The lowest BCUT2D eigenvalue weighted by Crippen LogP contribution is -2.41. The number of halogens is 1. The summed E-state index contributed by atoms with van der Waals surface area (Å²) in [5, 5.41) is 0.499. The number of ether oxygens (including phenoxy) is 2. The van der Waals surface area contributed by atoms with Crippen molar-refractivity contribution >= 4 is 23.2 Å². The fourth-order valence-corrected chi connectivity index (χ4v) is 1.87. The second kappa shape index (κ2) is 4.72. The number of amides is 1. The van der Waals surface area contributed by atoms with Crippen molar-refractivity contribution in [3.05, 3.63) is 23.2 Å². The van der Waals surface area contributed by atoms with Gasteiger partial charge in [0.25, 0.3) is 5.91 Å². The molecule has 5 heteroatoms. The molecule has 2 rings (SSSR count). The van der Waals surface area contributed by atoms with Gasteiger partial charge in [0.1, 0.15) is 12.4 Å². The van der Waals surface area contributed by atoms with Gasteiger partial charge < -0.3 is 14.4 Å². The molecule has 1 fully saturated rings. The highest BCUT2D eigenvalue weighted by atomic mass is 35.5. The van der Waals surface area contributed by atoms with E-state index in [1.165, 1.54) is 0 Å². The number of hydrogen-bond acceptors (Lipinski definition) is 3. The Kier molecular flexibility index (Phi) is 3.31. The Balaban J connectivity index is 2.26. The molecule has 0 spiro atoms. The maximum Gasteiger partial charge on any atom is 0.253 e. The van der Waals surface area contributed by atoms with E-state index in [1.54, 1.807) is 24.1 Å². The first-order valence-electron chi connectivity index (χ1n) is 4.94. The predicted molar refractivity (Wildman–Crippen MR) is 61.2 cm³/mol. The minimum Gasteiger partial charge on any atom is -0.495 e. The van der Waals surface area contributed by atoms with E-state index in [9.17, 15) is 4.79 Å². The van der Waals surface area contributed by atoms with Gasteiger partial charge in [0.2, 0.25) is 0 Å². The summed E-state index contributed by atoms with van der Waals surface area (Å²) in [6.07, 6.45) is 0. The summed E-state index contributed by atoms with van der Waals surface area (Å²) in [5.41, 5.74) is 0.777. The predicted octanol–water partition coefficient (Wildman–Crippen LogP) is 1.71. The van der Waals surface area contributed by atoms with Gasteiger partial charge >= 0.3 is 0 Å². The maximum atomic E-state index is 11.6. The molecule has 1 aliphatic heterocycles. The van der Waals surface area contributed by atoms with Crippen LogP contribution in [-0.4, -0.2) is 32.8 Å². The second-order valence-corrected chi connectivity index (χ2v) is 3.82. The molecule has 0 unspecified atom stereocenters. The highest BCUT2D eigenvalue weighted by Gasteiger charge is 2.20. The number of rotatable bonds is 2. The van der Waals surface area contributed by atoms with E-state index in [2.05, 4.69) is 0 Å². The molecule has 1 aromatic rings. The molecule has 1 heterocycles. The summed E-state index contributed by atoms with van der Waals surface area (Å²) in [7, 11) is 1.56. The fourth-order valence-electron chi connectivity index (χ4n) is 1.61. The van der Waals surface area contributed by atoms with Crippen LogP contribution < -0.4 is 9.64 Å². The lowest BCUT2D eigenvalue weighted by Gasteiger charge is -2.27. The molecule has 1 aliphatic rings. The van der Waals surface area contributed by atoms with Crippen LogP contribution in [0.25, 0.3) is 0 Å². The molecule has 1 saturated heterocycles. The Hall–Kier alpha value is -1.26. The van der Waals surface area contributed by atoms with Gasteiger partial charge in [-0.05, 0) is 18.2 Å². The van der Waals surface area contributed by atoms with Crippen molar-refractivity contribution in [3.8, 4) is 5.75 Å². The maximum absolute atomic E-state index is 11.6. The molecule has 16 heavy (non-hydrogen) atoms. The summed E-state index contributed by atoms with van der Waals surface area (Å²) < 4.78 is 10.1. The van der Waals surface area contributed by atoms with Crippen LogP contribution >= 0.6 is 11.6 Å². The first-order valence-corrected chi connectivity index (χ1v) is 5.32. The summed E-state index contributed by atoms with van der Waals surface area (Å²) in [4.78, 5) is 13.2. The Morgan fingerprint density at radius 2 is 2.31 bits per heavy atom. The number of nitrogens with zero attached hydrogens (tertiary/aromatic N) is 1. The minimum absolute atomic E-state index is 0.0486. The fraction of sp³-hybridized carbons (Fsp3) is 0.364. The number of anilines is 1. The molecule has 1 aromatic carbocycles. The average molecular weight is 242 g/mol. The molecule has 0 bridgehead atoms. The summed E-state index contributed by atoms with van der Waals surface area (Å²) in [6.45, 7) is 1.24. The molecule has 0 radical (unpaired) electrons. The summed E-state index contributed by atoms with van der Waals surface area (Å²) in [6, 6.07) is 5.29. The van der Waals surface area contributed by atoms with Crippen LogP contribution in [0.4, 0.5) is 5.69 Å². The molecule has 0 aromatic heterocycles. The number of carbonyl (C=O) groups is 1. The van der Waals surface area contributed by atoms with Gasteiger partial charge in [-0.25, -0.2) is 0 Å². The van der Waals surface area contributed by atoms with Crippen LogP contribution in [0.15, 0.2) is 18.2 Å². The SMILES string of the molecule is COc1ccc(N2CCOCC2=O)cc1Cl. The monoisotopic (exact) mass is 241 g/mol. The van der Waals surface area contributed by atoms with Gasteiger partial charge in [0, 0.05) is 12.2 Å². The first kappa shape index (κ1) is 11.2. The Labute approximate surface area is 98.7 Å². The molecule has 0 N–H and O–H groups in total. The van der Waals surface area contributed by atoms with E-state index in [1.807, 2.05) is 6.07 Å². The van der Waals surface area contributed by atoms with E-state index < -0.39 is 0 Å².